The molecule has 1 heterocycles. The second-order valence-corrected chi connectivity index (χ2v) is 5.09. The smallest absolute Gasteiger partial charge is 0.170 e. The van der Waals surface area contributed by atoms with Gasteiger partial charge < -0.3 is 10.1 Å². The zero-order valence-corrected chi connectivity index (χ0v) is 13.0. The highest BCUT2D eigenvalue weighted by Crippen LogP contribution is 2.30. The molecule has 0 aliphatic heterocycles. The number of hydrogen-bond donors (Lipinski definition) is 1. The average molecular weight is 291 g/mol. The molecule has 1 aromatic carbocycles. The van der Waals surface area contributed by atoms with E-state index in [-0.39, 0.29) is 17.6 Å². The first-order valence-corrected chi connectivity index (χ1v) is 7.14. The van der Waals surface area contributed by atoms with Gasteiger partial charge in [-0.3, -0.25) is 4.68 Å². The van der Waals surface area contributed by atoms with E-state index in [9.17, 15) is 4.39 Å². The Labute approximate surface area is 124 Å². The largest absolute Gasteiger partial charge is 0.494 e. The highest BCUT2D eigenvalue weighted by Gasteiger charge is 2.22. The Bertz CT molecular complexity index is 610. The van der Waals surface area contributed by atoms with Crippen molar-refractivity contribution in [3.05, 3.63) is 47.0 Å². The lowest BCUT2D eigenvalue weighted by molar-refractivity contribution is 0.381. The minimum atomic E-state index is -0.322. The summed E-state index contributed by atoms with van der Waals surface area (Å²) in [5.74, 6) is -0.0609. The van der Waals surface area contributed by atoms with Crippen molar-refractivity contribution in [1.29, 1.82) is 0 Å². The second-order valence-electron chi connectivity index (χ2n) is 5.09. The number of hydrogen-bond acceptors (Lipinski definition) is 3. The molecule has 0 fully saturated rings. The van der Waals surface area contributed by atoms with Crippen LogP contribution >= 0.6 is 0 Å². The topological polar surface area (TPSA) is 39.1 Å². The summed E-state index contributed by atoms with van der Waals surface area (Å²) in [6.45, 7) is 4.83. The Morgan fingerprint density at radius 1 is 1.38 bits per heavy atom. The van der Waals surface area contributed by atoms with Gasteiger partial charge in [0.05, 0.1) is 18.8 Å². The van der Waals surface area contributed by atoms with Gasteiger partial charge >= 0.3 is 0 Å². The Balaban J connectivity index is 2.48. The molecular weight excluding hydrogens is 269 g/mol. The predicted octanol–water partition coefficient (Wildman–Crippen LogP) is 2.97. The van der Waals surface area contributed by atoms with E-state index in [2.05, 4.69) is 17.3 Å². The van der Waals surface area contributed by atoms with Crippen LogP contribution < -0.4 is 10.1 Å². The molecule has 1 unspecified atom stereocenters. The first-order chi connectivity index (χ1) is 10.1. The van der Waals surface area contributed by atoms with E-state index in [0.29, 0.717) is 5.56 Å². The normalized spacial score (nSPS) is 12.4. The van der Waals surface area contributed by atoms with E-state index in [1.165, 1.54) is 7.11 Å². The molecule has 4 nitrogen and oxygen atoms in total. The lowest BCUT2D eigenvalue weighted by Gasteiger charge is -2.20. The molecule has 1 atom stereocenters. The third-order valence-electron chi connectivity index (χ3n) is 3.48. The summed E-state index contributed by atoms with van der Waals surface area (Å²) < 4.78 is 21.4. The van der Waals surface area contributed by atoms with E-state index < -0.39 is 0 Å². The van der Waals surface area contributed by atoms with Crippen LogP contribution in [0.5, 0.6) is 5.75 Å². The Hall–Kier alpha value is -1.88. The molecule has 2 rings (SSSR count). The van der Waals surface area contributed by atoms with Crippen molar-refractivity contribution in [2.45, 2.75) is 26.3 Å². The molecule has 21 heavy (non-hydrogen) atoms. The number of methoxy groups -OCH3 is 1. The maximum absolute atomic E-state index is 14.6. The van der Waals surface area contributed by atoms with Gasteiger partial charge in [0, 0.05) is 24.4 Å². The SMILES string of the molecule is CCCNC(c1cn(C)nc1C)c1cccc(OC)c1F. The zero-order chi connectivity index (χ0) is 15.4. The quantitative estimate of drug-likeness (QED) is 0.889. The number of aryl methyl sites for hydroxylation is 2. The van der Waals surface area contributed by atoms with E-state index in [4.69, 9.17) is 4.74 Å². The second kappa shape index (κ2) is 6.72. The molecule has 0 aliphatic carbocycles. The van der Waals surface area contributed by atoms with Gasteiger partial charge in [0.15, 0.2) is 11.6 Å². The highest BCUT2D eigenvalue weighted by molar-refractivity contribution is 5.39. The van der Waals surface area contributed by atoms with E-state index in [1.54, 1.807) is 16.8 Å². The third kappa shape index (κ3) is 3.24. The van der Waals surface area contributed by atoms with Crippen molar-refractivity contribution in [2.24, 2.45) is 7.05 Å². The van der Waals surface area contributed by atoms with Crippen LogP contribution in [0.15, 0.2) is 24.4 Å². The number of benzene rings is 1. The standard InChI is InChI=1S/C16H22FN3O/c1-5-9-18-16(13-10-20(3)19-11(13)2)12-7-6-8-14(21-4)15(12)17/h6-8,10,16,18H,5,9H2,1-4H3. The van der Waals surface area contributed by atoms with Crippen LogP contribution in [0.3, 0.4) is 0 Å². The fourth-order valence-electron chi connectivity index (χ4n) is 2.49. The monoisotopic (exact) mass is 291 g/mol. The number of nitrogens with one attached hydrogen (secondary N) is 1. The van der Waals surface area contributed by atoms with E-state index in [0.717, 1.165) is 24.2 Å². The number of rotatable bonds is 6. The van der Waals surface area contributed by atoms with Gasteiger partial charge in [0.2, 0.25) is 0 Å². The summed E-state index contributed by atoms with van der Waals surface area (Å²) in [6, 6.07) is 5.00. The van der Waals surface area contributed by atoms with Gasteiger partial charge in [0.1, 0.15) is 0 Å². The van der Waals surface area contributed by atoms with Gasteiger partial charge in [-0.05, 0) is 26.0 Å². The minimum Gasteiger partial charge on any atom is -0.494 e. The van der Waals surface area contributed by atoms with Crippen LogP contribution in [0.2, 0.25) is 0 Å². The molecule has 1 N–H and O–H groups in total. The van der Waals surface area contributed by atoms with Crippen LogP contribution in [0.25, 0.3) is 0 Å². The summed E-state index contributed by atoms with van der Waals surface area (Å²) in [5, 5.41) is 7.76. The van der Waals surface area contributed by atoms with Crippen molar-refractivity contribution in [3.63, 3.8) is 0 Å². The van der Waals surface area contributed by atoms with E-state index in [1.807, 2.05) is 26.2 Å². The molecule has 1 aromatic heterocycles. The van der Waals surface area contributed by atoms with Crippen LogP contribution in [-0.2, 0) is 7.05 Å². The van der Waals surface area contributed by atoms with E-state index >= 15 is 0 Å². The lowest BCUT2D eigenvalue weighted by Crippen LogP contribution is -2.24. The van der Waals surface area contributed by atoms with Crippen molar-refractivity contribution < 1.29 is 9.13 Å². The highest BCUT2D eigenvalue weighted by atomic mass is 19.1. The van der Waals surface area contributed by atoms with Gasteiger partial charge in [-0.2, -0.15) is 5.10 Å². The molecule has 2 aromatic rings. The number of ether oxygens (including phenoxy) is 1. The fraction of sp³-hybridized carbons (Fsp3) is 0.438. The molecule has 0 bridgehead atoms. The molecule has 0 aliphatic rings. The predicted molar refractivity (Wildman–Crippen MR) is 81.0 cm³/mol. The van der Waals surface area contributed by atoms with Gasteiger partial charge in [-0.1, -0.05) is 19.1 Å². The molecule has 0 radical (unpaired) electrons. The summed E-state index contributed by atoms with van der Waals surface area (Å²) in [7, 11) is 3.35. The molecule has 5 heteroatoms. The van der Waals surface area contributed by atoms with Crippen LogP contribution in [0, 0.1) is 12.7 Å². The first-order valence-electron chi connectivity index (χ1n) is 7.14. The van der Waals surface area contributed by atoms with Crippen molar-refractivity contribution >= 4 is 0 Å². The summed E-state index contributed by atoms with van der Waals surface area (Å²) in [6.07, 6.45) is 2.91. The lowest BCUT2D eigenvalue weighted by atomic mass is 9.98. The minimum absolute atomic E-state index is 0.228. The van der Waals surface area contributed by atoms with Crippen LogP contribution in [0.1, 0.15) is 36.2 Å². The van der Waals surface area contributed by atoms with Gasteiger partial charge in [0.25, 0.3) is 0 Å². The molecule has 114 valence electrons. The Kier molecular flexibility index (Phi) is 4.96. The van der Waals surface area contributed by atoms with Crippen molar-refractivity contribution in [2.75, 3.05) is 13.7 Å². The van der Waals surface area contributed by atoms with Crippen LogP contribution in [0.4, 0.5) is 4.39 Å². The fourth-order valence-corrected chi connectivity index (χ4v) is 2.49. The maximum atomic E-state index is 14.6. The molecule has 0 amide bonds. The first kappa shape index (κ1) is 15.5. The molecular formula is C16H22FN3O. The zero-order valence-electron chi connectivity index (χ0n) is 13.0. The van der Waals surface area contributed by atoms with Gasteiger partial charge in [-0.25, -0.2) is 4.39 Å². The molecule has 0 spiro atoms. The molecule has 0 saturated carbocycles. The third-order valence-corrected chi connectivity index (χ3v) is 3.48. The van der Waals surface area contributed by atoms with Crippen molar-refractivity contribution in [1.82, 2.24) is 15.1 Å². The number of nitrogens with zero attached hydrogens (tertiary/aromatic N) is 2. The van der Waals surface area contributed by atoms with Crippen LogP contribution in [-0.4, -0.2) is 23.4 Å². The maximum Gasteiger partial charge on any atom is 0.170 e. The molecule has 0 saturated heterocycles. The van der Waals surface area contributed by atoms with Gasteiger partial charge in [-0.15, -0.1) is 0 Å². The summed E-state index contributed by atoms with van der Waals surface area (Å²) in [4.78, 5) is 0. The Morgan fingerprint density at radius 2 is 2.14 bits per heavy atom. The number of aromatic nitrogens is 2. The Morgan fingerprint density at radius 3 is 2.71 bits per heavy atom. The van der Waals surface area contributed by atoms with Crippen molar-refractivity contribution in [3.8, 4) is 5.75 Å². The summed E-state index contributed by atoms with van der Waals surface area (Å²) >= 11 is 0. The average Bonchev–Trinajstić information content (AvgIpc) is 2.80. The summed E-state index contributed by atoms with van der Waals surface area (Å²) in [5.41, 5.74) is 2.46. The number of halogens is 1.